The summed E-state index contributed by atoms with van der Waals surface area (Å²) in [5.74, 6) is -0.266. The summed E-state index contributed by atoms with van der Waals surface area (Å²) in [4.78, 5) is 16.6. The van der Waals surface area contributed by atoms with Crippen LogP contribution in [0.5, 0.6) is 0 Å². The molecular weight excluding hydrogens is 453 g/mol. The van der Waals surface area contributed by atoms with Crippen LogP contribution >= 0.6 is 34.5 Å². The molecule has 0 N–H and O–H groups in total. The molecule has 160 valence electrons. The summed E-state index contributed by atoms with van der Waals surface area (Å²) in [5, 5.41) is 2.56. The molecule has 0 radical (unpaired) electrons. The second-order valence-electron chi connectivity index (χ2n) is 6.91. The number of amides is 1. The lowest BCUT2D eigenvalue weighted by Crippen LogP contribution is -2.41. The molecule has 0 fully saturated rings. The first-order valence-electron chi connectivity index (χ1n) is 8.97. The van der Waals surface area contributed by atoms with Gasteiger partial charge in [0.2, 0.25) is 5.91 Å². The van der Waals surface area contributed by atoms with Crippen LogP contribution in [-0.4, -0.2) is 69.2 Å². The fraction of sp³-hybridized carbons (Fsp3) is 0.421. The van der Waals surface area contributed by atoms with E-state index in [0.717, 1.165) is 34.2 Å². The van der Waals surface area contributed by atoms with Gasteiger partial charge < -0.3 is 9.80 Å². The van der Waals surface area contributed by atoms with Crippen LogP contribution < -0.4 is 0 Å². The lowest BCUT2D eigenvalue weighted by molar-refractivity contribution is -0.131. The molecule has 0 saturated heterocycles. The van der Waals surface area contributed by atoms with E-state index in [9.17, 15) is 13.2 Å². The predicted molar refractivity (Wildman–Crippen MR) is 119 cm³/mol. The van der Waals surface area contributed by atoms with Crippen LogP contribution in [0.25, 0.3) is 0 Å². The number of halogens is 2. The van der Waals surface area contributed by atoms with Crippen molar-refractivity contribution >= 4 is 50.5 Å². The van der Waals surface area contributed by atoms with Crippen molar-refractivity contribution in [3.63, 3.8) is 0 Å². The third-order valence-electron chi connectivity index (χ3n) is 4.26. The second-order valence-corrected chi connectivity index (χ2v) is 10.9. The predicted octanol–water partition coefficient (Wildman–Crippen LogP) is 3.66. The lowest BCUT2D eigenvalue weighted by atomic mass is 10.2. The Kier molecular flexibility index (Phi) is 8.93. The van der Waals surface area contributed by atoms with E-state index in [4.69, 9.17) is 23.2 Å². The number of thiophene rings is 1. The first-order valence-corrected chi connectivity index (χ1v) is 12.0. The molecule has 1 heterocycles. The third-order valence-corrected chi connectivity index (χ3v) is 8.18. The van der Waals surface area contributed by atoms with E-state index in [0.29, 0.717) is 23.1 Å². The van der Waals surface area contributed by atoms with Gasteiger partial charge in [-0.3, -0.25) is 4.79 Å². The van der Waals surface area contributed by atoms with Crippen molar-refractivity contribution in [1.82, 2.24) is 14.1 Å². The Morgan fingerprint density at radius 2 is 1.79 bits per heavy atom. The van der Waals surface area contributed by atoms with E-state index >= 15 is 0 Å². The van der Waals surface area contributed by atoms with Crippen LogP contribution in [0.3, 0.4) is 0 Å². The second kappa shape index (κ2) is 10.7. The average molecular weight is 478 g/mol. The van der Waals surface area contributed by atoms with Crippen molar-refractivity contribution in [3.05, 3.63) is 51.3 Å². The maximum Gasteiger partial charge on any atom is 0.252 e. The van der Waals surface area contributed by atoms with Crippen LogP contribution in [0.15, 0.2) is 39.9 Å². The Hall–Kier alpha value is -1.16. The van der Waals surface area contributed by atoms with Gasteiger partial charge in [-0.25, -0.2) is 8.42 Å². The molecule has 1 amide bonds. The van der Waals surface area contributed by atoms with E-state index in [-0.39, 0.29) is 16.7 Å². The molecule has 10 heteroatoms. The maximum atomic E-state index is 13.0. The van der Waals surface area contributed by atoms with E-state index in [2.05, 4.69) is 0 Å². The maximum absolute atomic E-state index is 13.0. The van der Waals surface area contributed by atoms with Crippen LogP contribution in [0.1, 0.15) is 12.0 Å². The highest BCUT2D eigenvalue weighted by atomic mass is 35.5. The summed E-state index contributed by atoms with van der Waals surface area (Å²) in [6.07, 6.45) is 0.765. The van der Waals surface area contributed by atoms with Crippen molar-refractivity contribution in [1.29, 1.82) is 0 Å². The first kappa shape index (κ1) is 24.1. The van der Waals surface area contributed by atoms with Gasteiger partial charge in [0.25, 0.3) is 10.0 Å². The number of hydrogen-bond acceptors (Lipinski definition) is 5. The molecule has 0 bridgehead atoms. The van der Waals surface area contributed by atoms with Gasteiger partial charge in [0.05, 0.1) is 16.6 Å². The molecule has 2 rings (SSSR count). The van der Waals surface area contributed by atoms with Gasteiger partial charge in [0, 0.05) is 20.1 Å². The van der Waals surface area contributed by atoms with Crippen LogP contribution in [0.2, 0.25) is 10.0 Å². The van der Waals surface area contributed by atoms with Gasteiger partial charge >= 0.3 is 0 Å². The lowest BCUT2D eigenvalue weighted by Gasteiger charge is -2.26. The van der Waals surface area contributed by atoms with Crippen LogP contribution in [0, 0.1) is 0 Å². The molecule has 0 aliphatic carbocycles. The minimum absolute atomic E-state index is 0.219. The Bertz CT molecular complexity index is 919. The zero-order chi connectivity index (χ0) is 21.6. The van der Waals surface area contributed by atoms with Crippen LogP contribution in [0.4, 0.5) is 0 Å². The summed E-state index contributed by atoms with van der Waals surface area (Å²) in [6.45, 7) is 1.41. The fourth-order valence-electron chi connectivity index (χ4n) is 2.67. The smallest absolute Gasteiger partial charge is 0.252 e. The number of likely N-dealkylation sites (N-methyl/N-ethyl adjacent to an activating group) is 1. The summed E-state index contributed by atoms with van der Waals surface area (Å²) in [6, 6.07) is 8.43. The topological polar surface area (TPSA) is 60.9 Å². The van der Waals surface area contributed by atoms with Gasteiger partial charge in [-0.2, -0.15) is 4.31 Å². The van der Waals surface area contributed by atoms with Crippen molar-refractivity contribution in [2.45, 2.75) is 17.2 Å². The quantitative estimate of drug-likeness (QED) is 0.523. The monoisotopic (exact) mass is 477 g/mol. The number of carbonyl (C=O) groups is 1. The van der Waals surface area contributed by atoms with Gasteiger partial charge in [-0.05, 0) is 56.2 Å². The standard InChI is InChI=1S/C19H25Cl2N3O3S2/c1-22(2)9-5-10-24(13-15-7-8-16(20)17(21)12-15)18(25)14-23(3)29(26,27)19-6-4-11-28-19/h4,6-8,11-12H,5,9-10,13-14H2,1-3H3. The highest BCUT2D eigenvalue weighted by Crippen LogP contribution is 2.24. The van der Waals surface area contributed by atoms with Gasteiger partial charge in [-0.1, -0.05) is 35.3 Å². The number of hydrogen-bond donors (Lipinski definition) is 0. The zero-order valence-corrected chi connectivity index (χ0v) is 19.8. The normalized spacial score (nSPS) is 12.0. The highest BCUT2D eigenvalue weighted by Gasteiger charge is 2.26. The summed E-state index contributed by atoms with van der Waals surface area (Å²) < 4.78 is 26.6. The van der Waals surface area contributed by atoms with Crippen molar-refractivity contribution in [2.24, 2.45) is 0 Å². The molecule has 0 unspecified atom stereocenters. The van der Waals surface area contributed by atoms with E-state index in [1.165, 1.54) is 13.1 Å². The van der Waals surface area contributed by atoms with Gasteiger partial charge in [-0.15, -0.1) is 11.3 Å². The van der Waals surface area contributed by atoms with Crippen LogP contribution in [-0.2, 0) is 21.4 Å². The molecule has 0 saturated carbocycles. The molecule has 0 atom stereocenters. The number of nitrogens with zero attached hydrogens (tertiary/aromatic N) is 3. The van der Waals surface area contributed by atoms with Crippen molar-refractivity contribution in [3.8, 4) is 0 Å². The summed E-state index contributed by atoms with van der Waals surface area (Å²) >= 11 is 13.2. The van der Waals surface area contributed by atoms with E-state index in [1.54, 1.807) is 28.5 Å². The molecule has 0 spiro atoms. The Balaban J connectivity index is 2.13. The highest BCUT2D eigenvalue weighted by molar-refractivity contribution is 7.91. The minimum Gasteiger partial charge on any atom is -0.337 e. The Morgan fingerprint density at radius 3 is 2.38 bits per heavy atom. The fourth-order valence-corrected chi connectivity index (χ4v) is 5.31. The molecule has 6 nitrogen and oxygen atoms in total. The number of rotatable bonds is 10. The first-order chi connectivity index (χ1) is 13.6. The number of carbonyl (C=O) groups excluding carboxylic acids is 1. The van der Waals surface area contributed by atoms with Crippen molar-refractivity contribution < 1.29 is 13.2 Å². The average Bonchev–Trinajstić information content (AvgIpc) is 3.19. The van der Waals surface area contributed by atoms with Crippen molar-refractivity contribution in [2.75, 3.05) is 40.8 Å². The summed E-state index contributed by atoms with van der Waals surface area (Å²) in [5.41, 5.74) is 0.835. The molecule has 2 aromatic rings. The Morgan fingerprint density at radius 1 is 1.07 bits per heavy atom. The molecule has 0 aliphatic heterocycles. The number of sulfonamides is 1. The van der Waals surface area contributed by atoms with Gasteiger partial charge in [0.15, 0.2) is 0 Å². The number of benzene rings is 1. The molecule has 29 heavy (non-hydrogen) atoms. The van der Waals surface area contributed by atoms with Gasteiger partial charge in [0.1, 0.15) is 4.21 Å². The SMILES string of the molecule is CN(C)CCCN(Cc1ccc(Cl)c(Cl)c1)C(=O)CN(C)S(=O)(=O)c1cccs1. The molecular formula is C19H25Cl2N3O3S2. The third kappa shape index (κ3) is 6.94. The molecule has 1 aromatic heterocycles. The molecule has 1 aromatic carbocycles. The largest absolute Gasteiger partial charge is 0.337 e. The molecule has 0 aliphatic rings. The summed E-state index contributed by atoms with van der Waals surface area (Å²) in [7, 11) is 1.66. The minimum atomic E-state index is -3.69. The van der Waals surface area contributed by atoms with E-state index in [1.807, 2.05) is 25.1 Å². The zero-order valence-electron chi connectivity index (χ0n) is 16.6. The Labute approximate surface area is 186 Å². The van der Waals surface area contributed by atoms with E-state index < -0.39 is 10.0 Å².